The van der Waals surface area contributed by atoms with E-state index in [-0.39, 0.29) is 0 Å². The number of aryl methyl sites for hydroxylation is 2. The van der Waals surface area contributed by atoms with E-state index < -0.39 is 0 Å². The van der Waals surface area contributed by atoms with Crippen LogP contribution < -0.4 is 5.32 Å². The summed E-state index contributed by atoms with van der Waals surface area (Å²) in [7, 11) is 0. The van der Waals surface area contributed by atoms with Crippen molar-refractivity contribution in [2.45, 2.75) is 20.4 Å². The zero-order valence-corrected chi connectivity index (χ0v) is 12.7. The van der Waals surface area contributed by atoms with Gasteiger partial charge in [-0.2, -0.15) is 0 Å². The molecule has 0 unspecified atom stereocenters. The predicted molar refractivity (Wildman–Crippen MR) is 78.1 cm³/mol. The van der Waals surface area contributed by atoms with Crippen LogP contribution in [0.15, 0.2) is 22.8 Å². The van der Waals surface area contributed by atoms with Crippen LogP contribution in [0.25, 0.3) is 0 Å². The maximum Gasteiger partial charge on any atom is 0.113 e. The largest absolute Gasteiger partial charge is 0.379 e. The molecule has 0 bridgehead atoms. The summed E-state index contributed by atoms with van der Waals surface area (Å²) in [5.41, 5.74) is 3.56. The lowest BCUT2D eigenvalue weighted by Gasteiger charge is -2.09. The summed E-state index contributed by atoms with van der Waals surface area (Å²) in [5.74, 6) is 0. The molecule has 0 fully saturated rings. The minimum absolute atomic E-state index is 0.706. The summed E-state index contributed by atoms with van der Waals surface area (Å²) in [5, 5.41) is 4.35. The topological polar surface area (TPSA) is 24.9 Å². The summed E-state index contributed by atoms with van der Waals surface area (Å²) in [6.07, 6.45) is 1.68. The highest BCUT2D eigenvalue weighted by Gasteiger charge is 2.03. The van der Waals surface area contributed by atoms with Gasteiger partial charge in [-0.1, -0.05) is 27.5 Å². The second-order valence-electron chi connectivity index (χ2n) is 3.84. The van der Waals surface area contributed by atoms with Gasteiger partial charge >= 0.3 is 0 Å². The number of anilines is 1. The van der Waals surface area contributed by atoms with Gasteiger partial charge in [0.1, 0.15) is 9.34 Å². The molecule has 1 N–H and O–H groups in total. The fourth-order valence-corrected chi connectivity index (χ4v) is 2.72. The van der Waals surface area contributed by atoms with E-state index in [2.05, 4.69) is 52.2 Å². The highest BCUT2D eigenvalue weighted by Crippen LogP contribution is 2.26. The molecule has 0 saturated heterocycles. The Morgan fingerprint density at radius 2 is 2.00 bits per heavy atom. The van der Waals surface area contributed by atoms with Crippen molar-refractivity contribution >= 4 is 44.6 Å². The molecule has 1 aromatic carbocycles. The summed E-state index contributed by atoms with van der Waals surface area (Å²) in [6.45, 7) is 4.88. The number of rotatable bonds is 3. The lowest BCUT2D eigenvalue weighted by Crippen LogP contribution is -1.99. The smallest absolute Gasteiger partial charge is 0.113 e. The van der Waals surface area contributed by atoms with Gasteiger partial charge in [-0.15, -0.1) is 11.3 Å². The molecule has 2 rings (SSSR count). The quantitative estimate of drug-likeness (QED) is 0.875. The summed E-state index contributed by atoms with van der Waals surface area (Å²) in [6, 6.07) is 4.23. The maximum absolute atomic E-state index is 5.84. The first-order valence-electron chi connectivity index (χ1n) is 5.17. The first kappa shape index (κ1) is 12.9. The van der Waals surface area contributed by atoms with E-state index in [0.717, 1.165) is 15.0 Å². The van der Waals surface area contributed by atoms with Gasteiger partial charge in [-0.25, -0.2) is 4.98 Å². The molecule has 0 atom stereocenters. The van der Waals surface area contributed by atoms with Crippen molar-refractivity contribution < 1.29 is 0 Å². The molecular formula is C12H12BrClN2S. The number of thiazole rings is 1. The number of aromatic nitrogens is 1. The zero-order chi connectivity index (χ0) is 12.4. The molecule has 0 spiro atoms. The Bertz CT molecular complexity index is 516. The third kappa shape index (κ3) is 3.21. The van der Waals surface area contributed by atoms with Crippen LogP contribution in [0.4, 0.5) is 5.69 Å². The third-order valence-electron chi connectivity index (χ3n) is 2.41. The zero-order valence-electron chi connectivity index (χ0n) is 9.55. The van der Waals surface area contributed by atoms with Crippen LogP contribution in [-0.2, 0) is 6.54 Å². The first-order valence-corrected chi connectivity index (χ1v) is 7.16. The van der Waals surface area contributed by atoms with Crippen molar-refractivity contribution in [3.8, 4) is 0 Å². The van der Waals surface area contributed by atoms with E-state index in [1.165, 1.54) is 26.9 Å². The molecule has 0 radical (unpaired) electrons. The second kappa shape index (κ2) is 5.38. The van der Waals surface area contributed by atoms with E-state index in [9.17, 15) is 0 Å². The van der Waals surface area contributed by atoms with Crippen LogP contribution in [0.1, 0.15) is 16.1 Å². The second-order valence-corrected chi connectivity index (χ2v) is 6.38. The van der Waals surface area contributed by atoms with Gasteiger partial charge in [0.05, 0.1) is 12.7 Å². The molecule has 5 heteroatoms. The number of halogens is 2. The van der Waals surface area contributed by atoms with E-state index in [1.807, 2.05) is 0 Å². The minimum Gasteiger partial charge on any atom is -0.379 e. The molecule has 0 aliphatic carbocycles. The van der Waals surface area contributed by atoms with Crippen LogP contribution in [-0.4, -0.2) is 4.98 Å². The Hall–Kier alpha value is -0.580. The summed E-state index contributed by atoms with van der Waals surface area (Å²) in [4.78, 5) is 4.21. The van der Waals surface area contributed by atoms with Gasteiger partial charge < -0.3 is 5.32 Å². The molecule has 2 nitrogen and oxygen atoms in total. The Kier molecular flexibility index (Phi) is 4.07. The van der Waals surface area contributed by atoms with Crippen LogP contribution in [0.3, 0.4) is 0 Å². The van der Waals surface area contributed by atoms with Crippen LogP contribution in [0.5, 0.6) is 0 Å². The SMILES string of the molecule is Cc1cc(NCc2ncc(Cl)s2)cc(C)c1Br. The van der Waals surface area contributed by atoms with Crippen molar-refractivity contribution in [3.05, 3.63) is 43.3 Å². The lowest BCUT2D eigenvalue weighted by atomic mass is 10.1. The van der Waals surface area contributed by atoms with E-state index in [4.69, 9.17) is 11.6 Å². The number of benzene rings is 1. The van der Waals surface area contributed by atoms with Gasteiger partial charge in [0, 0.05) is 10.2 Å². The number of hydrogen-bond donors (Lipinski definition) is 1. The summed E-state index contributed by atoms with van der Waals surface area (Å²) < 4.78 is 1.89. The molecule has 90 valence electrons. The Morgan fingerprint density at radius 1 is 1.35 bits per heavy atom. The van der Waals surface area contributed by atoms with Crippen molar-refractivity contribution in [1.29, 1.82) is 0 Å². The van der Waals surface area contributed by atoms with Crippen LogP contribution in [0, 0.1) is 13.8 Å². The number of nitrogens with zero attached hydrogens (tertiary/aromatic N) is 1. The van der Waals surface area contributed by atoms with Gasteiger partial charge in [0.25, 0.3) is 0 Å². The highest BCUT2D eigenvalue weighted by atomic mass is 79.9. The first-order chi connectivity index (χ1) is 8.06. The maximum atomic E-state index is 5.84. The van der Waals surface area contributed by atoms with Gasteiger partial charge in [0.15, 0.2) is 0 Å². The monoisotopic (exact) mass is 330 g/mol. The molecule has 0 aliphatic rings. The van der Waals surface area contributed by atoms with Crippen LogP contribution >= 0.6 is 38.9 Å². The van der Waals surface area contributed by atoms with E-state index >= 15 is 0 Å². The minimum atomic E-state index is 0.706. The highest BCUT2D eigenvalue weighted by molar-refractivity contribution is 9.10. The normalized spacial score (nSPS) is 10.6. The van der Waals surface area contributed by atoms with E-state index in [0.29, 0.717) is 6.54 Å². The lowest BCUT2D eigenvalue weighted by molar-refractivity contribution is 1.10. The van der Waals surface area contributed by atoms with Crippen molar-refractivity contribution in [3.63, 3.8) is 0 Å². The molecule has 0 amide bonds. The molecule has 17 heavy (non-hydrogen) atoms. The Balaban J connectivity index is 2.09. The Labute approximate surface area is 118 Å². The molecular weight excluding hydrogens is 320 g/mol. The predicted octanol–water partition coefficient (Wildman–Crippen LogP) is 4.79. The Morgan fingerprint density at radius 3 is 2.53 bits per heavy atom. The fourth-order valence-electron chi connectivity index (χ4n) is 1.60. The molecule has 1 aromatic heterocycles. The van der Waals surface area contributed by atoms with Crippen molar-refractivity contribution in [2.24, 2.45) is 0 Å². The standard InChI is InChI=1S/C12H12BrClN2S/c1-7-3-9(4-8(2)12(7)13)15-6-11-16-5-10(14)17-11/h3-5,15H,6H2,1-2H3. The van der Waals surface area contributed by atoms with Crippen molar-refractivity contribution in [2.75, 3.05) is 5.32 Å². The van der Waals surface area contributed by atoms with Gasteiger partial charge in [-0.3, -0.25) is 0 Å². The van der Waals surface area contributed by atoms with Crippen LogP contribution in [0.2, 0.25) is 4.34 Å². The molecule has 1 heterocycles. The molecule has 2 aromatic rings. The van der Waals surface area contributed by atoms with Crippen molar-refractivity contribution in [1.82, 2.24) is 4.98 Å². The average molecular weight is 332 g/mol. The van der Waals surface area contributed by atoms with Gasteiger partial charge in [-0.05, 0) is 37.1 Å². The molecule has 0 aliphatic heterocycles. The number of nitrogens with one attached hydrogen (secondary N) is 1. The molecule has 0 saturated carbocycles. The van der Waals surface area contributed by atoms with Gasteiger partial charge in [0.2, 0.25) is 0 Å². The fraction of sp³-hybridized carbons (Fsp3) is 0.250. The average Bonchev–Trinajstić information content (AvgIpc) is 2.69. The van der Waals surface area contributed by atoms with E-state index in [1.54, 1.807) is 6.20 Å². The third-order valence-corrected chi connectivity index (χ3v) is 4.77. The number of hydrogen-bond acceptors (Lipinski definition) is 3. The summed E-state index contributed by atoms with van der Waals surface area (Å²) >= 11 is 10.9.